The molecule has 35 heavy (non-hydrogen) atoms. The fourth-order valence-corrected chi connectivity index (χ4v) is 3.17. The normalized spacial score (nSPS) is 11.5. The van der Waals surface area contributed by atoms with Gasteiger partial charge >= 0.3 is 19.2 Å². The van der Waals surface area contributed by atoms with Gasteiger partial charge in [0.15, 0.2) is 11.5 Å². The van der Waals surface area contributed by atoms with Gasteiger partial charge in [-0.3, -0.25) is 4.98 Å². The minimum atomic E-state index is -3.25. The Balaban J connectivity index is 2.00. The third-order valence-electron chi connectivity index (χ3n) is 4.55. The molecule has 0 amide bonds. The molecule has 186 valence electrons. The fourth-order valence-electron chi connectivity index (χ4n) is 3.17. The number of benzene rings is 2. The minimum Gasteiger partial charge on any atom is -0.456 e. The summed E-state index contributed by atoms with van der Waals surface area (Å²) in [7, 11) is 0. The van der Waals surface area contributed by atoms with E-state index in [-0.39, 0.29) is 6.54 Å². The average molecular weight is 492 g/mol. The zero-order valence-electron chi connectivity index (χ0n) is 19.3. The Morgan fingerprint density at radius 2 is 1.54 bits per heavy atom. The van der Waals surface area contributed by atoms with E-state index in [4.69, 9.17) is 4.74 Å². The number of pyridine rings is 1. The fraction of sp³-hybridized carbons (Fsp3) is 0.280. The van der Waals surface area contributed by atoms with Crippen molar-refractivity contribution in [1.29, 1.82) is 0 Å². The number of nitrogens with zero attached hydrogens (tertiary/aromatic N) is 2. The molecule has 2 aromatic carbocycles. The second-order valence-corrected chi connectivity index (χ2v) is 8.38. The summed E-state index contributed by atoms with van der Waals surface area (Å²) in [6.07, 6.45) is 3.24. The Bertz CT molecular complexity index is 1120. The second kappa shape index (κ2) is 11.1. The van der Waals surface area contributed by atoms with Crippen LogP contribution in [0, 0.1) is 0 Å². The predicted molar refractivity (Wildman–Crippen MR) is 121 cm³/mol. The van der Waals surface area contributed by atoms with Gasteiger partial charge in [-0.05, 0) is 68.8 Å². The lowest BCUT2D eigenvalue weighted by atomic mass is 10.1. The van der Waals surface area contributed by atoms with E-state index in [9.17, 15) is 22.4 Å². The van der Waals surface area contributed by atoms with Gasteiger partial charge in [-0.25, -0.2) is 4.79 Å². The number of anilines is 2. The summed E-state index contributed by atoms with van der Waals surface area (Å²) in [6, 6.07) is 13.8. The van der Waals surface area contributed by atoms with Crippen LogP contribution in [0.2, 0.25) is 0 Å². The van der Waals surface area contributed by atoms with Gasteiger partial charge in [0.05, 0.1) is 5.56 Å². The second-order valence-electron chi connectivity index (χ2n) is 8.38. The third-order valence-corrected chi connectivity index (χ3v) is 4.55. The molecule has 3 aromatic rings. The van der Waals surface area contributed by atoms with Gasteiger partial charge in [-0.2, -0.15) is 17.6 Å². The number of hydrogen-bond acceptors (Lipinski definition) is 6. The van der Waals surface area contributed by atoms with Crippen LogP contribution in [0.4, 0.5) is 28.9 Å². The highest BCUT2D eigenvalue weighted by molar-refractivity contribution is 5.90. The number of carbonyl (C=O) groups is 1. The molecule has 0 unspecified atom stereocenters. The van der Waals surface area contributed by atoms with Crippen molar-refractivity contribution in [1.82, 2.24) is 4.98 Å². The number of esters is 1. The minimum absolute atomic E-state index is 0.253. The van der Waals surface area contributed by atoms with Gasteiger partial charge in [0.2, 0.25) is 0 Å². The molecule has 0 aliphatic carbocycles. The highest BCUT2D eigenvalue weighted by Gasteiger charge is 2.21. The molecule has 0 spiro atoms. The first-order valence-electron chi connectivity index (χ1n) is 10.6. The molecule has 3 rings (SSSR count). The van der Waals surface area contributed by atoms with Crippen molar-refractivity contribution in [2.24, 2.45) is 0 Å². The summed E-state index contributed by atoms with van der Waals surface area (Å²) in [5, 5.41) is 0. The molecule has 0 aliphatic rings. The van der Waals surface area contributed by atoms with E-state index >= 15 is 0 Å². The Hall–Kier alpha value is -3.82. The van der Waals surface area contributed by atoms with Crippen molar-refractivity contribution < 1.29 is 36.6 Å². The molecule has 0 atom stereocenters. The van der Waals surface area contributed by atoms with Crippen LogP contribution in [-0.2, 0) is 11.3 Å². The molecule has 0 fully saturated rings. The molecule has 0 aliphatic heterocycles. The summed E-state index contributed by atoms with van der Waals surface area (Å²) in [6.45, 7) is -0.930. The Morgan fingerprint density at radius 1 is 0.914 bits per heavy atom. The highest BCUT2D eigenvalue weighted by atomic mass is 19.3. The maximum atomic E-state index is 12.9. The summed E-state index contributed by atoms with van der Waals surface area (Å²) < 4.78 is 65.5. The number of hydrogen-bond donors (Lipinski definition) is 0. The molecule has 0 bridgehead atoms. The highest BCUT2D eigenvalue weighted by Crippen LogP contribution is 2.37. The lowest BCUT2D eigenvalue weighted by molar-refractivity contribution is -0.0692. The van der Waals surface area contributed by atoms with E-state index < -0.39 is 36.3 Å². The van der Waals surface area contributed by atoms with Crippen molar-refractivity contribution in [2.45, 2.75) is 46.1 Å². The summed E-state index contributed by atoms with van der Waals surface area (Å²) in [4.78, 5) is 18.2. The molecule has 10 heteroatoms. The first-order valence-corrected chi connectivity index (χ1v) is 10.6. The van der Waals surface area contributed by atoms with E-state index in [1.54, 1.807) is 68.4 Å². The van der Waals surface area contributed by atoms with Crippen LogP contribution in [0.15, 0.2) is 67.0 Å². The van der Waals surface area contributed by atoms with E-state index in [0.29, 0.717) is 16.9 Å². The number of halogens is 4. The smallest absolute Gasteiger partial charge is 0.387 e. The summed E-state index contributed by atoms with van der Waals surface area (Å²) in [5.74, 6) is -1.56. The molecular formula is C25H24F4N2O4. The summed E-state index contributed by atoms with van der Waals surface area (Å²) >= 11 is 0. The van der Waals surface area contributed by atoms with Crippen LogP contribution < -0.4 is 14.4 Å². The van der Waals surface area contributed by atoms with Crippen molar-refractivity contribution in [2.75, 3.05) is 4.90 Å². The van der Waals surface area contributed by atoms with Gasteiger partial charge in [-0.15, -0.1) is 0 Å². The lowest BCUT2D eigenvalue weighted by Crippen LogP contribution is -2.24. The average Bonchev–Trinajstić information content (AvgIpc) is 2.78. The quantitative estimate of drug-likeness (QED) is 0.249. The number of carbonyl (C=O) groups excluding carboxylic acids is 1. The molecule has 0 radical (unpaired) electrons. The van der Waals surface area contributed by atoms with Crippen LogP contribution >= 0.6 is 0 Å². The Kier molecular flexibility index (Phi) is 8.16. The largest absolute Gasteiger partial charge is 0.456 e. The Labute approximate surface area is 200 Å². The van der Waals surface area contributed by atoms with E-state index in [1.165, 1.54) is 12.1 Å². The summed E-state index contributed by atoms with van der Waals surface area (Å²) in [5.41, 5.74) is 1.40. The number of alkyl halides is 4. The molecule has 0 N–H and O–H groups in total. The molecule has 0 saturated heterocycles. The first-order chi connectivity index (χ1) is 16.5. The van der Waals surface area contributed by atoms with Gasteiger partial charge < -0.3 is 19.1 Å². The van der Waals surface area contributed by atoms with Gasteiger partial charge in [0, 0.05) is 36.4 Å². The molecule has 1 aromatic heterocycles. The first kappa shape index (κ1) is 25.8. The van der Waals surface area contributed by atoms with Crippen LogP contribution in [0.25, 0.3) is 0 Å². The number of ether oxygens (including phenoxy) is 3. The molecule has 0 saturated carbocycles. The van der Waals surface area contributed by atoms with Crippen molar-refractivity contribution in [3.8, 4) is 11.5 Å². The van der Waals surface area contributed by atoms with Crippen molar-refractivity contribution >= 4 is 17.3 Å². The zero-order valence-corrected chi connectivity index (χ0v) is 19.3. The maximum absolute atomic E-state index is 12.9. The van der Waals surface area contributed by atoms with E-state index in [2.05, 4.69) is 14.5 Å². The van der Waals surface area contributed by atoms with E-state index in [1.807, 2.05) is 6.07 Å². The van der Waals surface area contributed by atoms with Crippen LogP contribution in [0.3, 0.4) is 0 Å². The Morgan fingerprint density at radius 3 is 2.11 bits per heavy atom. The SMILES string of the molecule is CC(C)(C)OC(=O)c1ccc(N(Cc2cccnc2)c2ccc(OC(F)F)c(OC(F)F)c2)cc1. The maximum Gasteiger partial charge on any atom is 0.387 e. The number of rotatable bonds is 9. The number of aromatic nitrogens is 1. The lowest BCUT2D eigenvalue weighted by Gasteiger charge is -2.26. The predicted octanol–water partition coefficient (Wildman–Crippen LogP) is 6.58. The molecule has 1 heterocycles. The van der Waals surface area contributed by atoms with Gasteiger partial charge in [0.25, 0.3) is 0 Å². The van der Waals surface area contributed by atoms with Gasteiger partial charge in [-0.1, -0.05) is 6.07 Å². The van der Waals surface area contributed by atoms with Crippen LogP contribution in [0.1, 0.15) is 36.7 Å². The van der Waals surface area contributed by atoms with Crippen LogP contribution in [-0.4, -0.2) is 29.8 Å². The van der Waals surface area contributed by atoms with Gasteiger partial charge in [0.1, 0.15) is 5.60 Å². The molecular weight excluding hydrogens is 468 g/mol. The topological polar surface area (TPSA) is 60.9 Å². The van der Waals surface area contributed by atoms with Crippen molar-refractivity contribution in [3.05, 3.63) is 78.1 Å². The molecule has 6 nitrogen and oxygen atoms in total. The third kappa shape index (κ3) is 7.59. The van der Waals surface area contributed by atoms with E-state index in [0.717, 1.165) is 11.6 Å². The standard InChI is InChI=1S/C25H24F4N2O4/c1-25(2,3)35-22(32)17-6-8-18(9-7-17)31(15-16-5-4-12-30-14-16)19-10-11-20(33-23(26)27)21(13-19)34-24(28)29/h4-14,23-24H,15H2,1-3H3. The van der Waals surface area contributed by atoms with Crippen LogP contribution in [0.5, 0.6) is 11.5 Å². The van der Waals surface area contributed by atoms with Crippen molar-refractivity contribution in [3.63, 3.8) is 0 Å². The monoisotopic (exact) mass is 492 g/mol. The zero-order chi connectivity index (χ0) is 25.6.